The summed E-state index contributed by atoms with van der Waals surface area (Å²) >= 11 is 0. The first-order chi connectivity index (χ1) is 5.61. The van der Waals surface area contributed by atoms with Crippen LogP contribution in [0, 0.1) is 5.82 Å². The summed E-state index contributed by atoms with van der Waals surface area (Å²) in [5.74, 6) is -0.401. The van der Waals surface area contributed by atoms with Crippen LogP contribution >= 0.6 is 0 Å². The van der Waals surface area contributed by atoms with Crippen molar-refractivity contribution < 1.29 is 9.50 Å². The largest absolute Gasteiger partial charge is 0.393 e. The number of aliphatic hydroxyl groups is 1. The van der Waals surface area contributed by atoms with Crippen molar-refractivity contribution in [2.45, 2.75) is 25.9 Å². The van der Waals surface area contributed by atoms with Crippen molar-refractivity contribution in [3.05, 3.63) is 29.8 Å². The average Bonchev–Trinajstić information content (AvgIpc) is 2.04. The number of aromatic nitrogens is 1. The van der Waals surface area contributed by atoms with Gasteiger partial charge in [-0.3, -0.25) is 4.98 Å². The highest BCUT2D eigenvalue weighted by Gasteiger charge is 2.12. The second kappa shape index (κ2) is 3.63. The van der Waals surface area contributed by atoms with Gasteiger partial charge in [-0.15, -0.1) is 0 Å². The lowest BCUT2D eigenvalue weighted by Crippen LogP contribution is -2.12. The Kier molecular flexibility index (Phi) is 2.76. The average molecular weight is 169 g/mol. The van der Waals surface area contributed by atoms with Crippen LogP contribution in [0.25, 0.3) is 0 Å². The molecule has 0 spiro atoms. The maximum atomic E-state index is 12.4. The van der Waals surface area contributed by atoms with Crippen LogP contribution in [-0.4, -0.2) is 16.2 Å². The lowest BCUT2D eigenvalue weighted by molar-refractivity contribution is 0.167. The zero-order valence-corrected chi connectivity index (χ0v) is 7.16. The first kappa shape index (κ1) is 9.13. The smallest absolute Gasteiger partial charge is 0.141 e. The maximum absolute atomic E-state index is 12.4. The molecule has 0 aliphatic heterocycles. The number of pyridine rings is 1. The number of hydrogen-bond acceptors (Lipinski definition) is 2. The molecule has 0 aliphatic rings. The highest BCUT2D eigenvalue weighted by Crippen LogP contribution is 2.16. The van der Waals surface area contributed by atoms with E-state index in [9.17, 15) is 9.50 Å². The minimum atomic E-state index is -0.456. The Morgan fingerprint density at radius 2 is 2.08 bits per heavy atom. The van der Waals surface area contributed by atoms with Crippen LogP contribution in [0.4, 0.5) is 4.39 Å². The van der Waals surface area contributed by atoms with E-state index in [4.69, 9.17) is 0 Å². The zero-order chi connectivity index (χ0) is 9.14. The van der Waals surface area contributed by atoms with Crippen molar-refractivity contribution in [2.75, 3.05) is 0 Å². The SMILES string of the molecule is CC(O)C(C)c1ccc(F)cn1. The first-order valence-corrected chi connectivity index (χ1v) is 3.91. The molecule has 12 heavy (non-hydrogen) atoms. The van der Waals surface area contributed by atoms with Gasteiger partial charge in [0.2, 0.25) is 0 Å². The quantitative estimate of drug-likeness (QED) is 0.731. The van der Waals surface area contributed by atoms with Crippen molar-refractivity contribution in [1.29, 1.82) is 0 Å². The van der Waals surface area contributed by atoms with E-state index in [0.717, 1.165) is 6.20 Å². The van der Waals surface area contributed by atoms with Crippen LogP contribution in [0.1, 0.15) is 25.5 Å². The molecule has 0 saturated carbocycles. The lowest BCUT2D eigenvalue weighted by Gasteiger charge is -2.13. The van der Waals surface area contributed by atoms with Gasteiger partial charge in [0, 0.05) is 11.6 Å². The van der Waals surface area contributed by atoms with Gasteiger partial charge in [-0.2, -0.15) is 0 Å². The van der Waals surface area contributed by atoms with Crippen molar-refractivity contribution in [3.63, 3.8) is 0 Å². The molecule has 0 aliphatic carbocycles. The summed E-state index contributed by atoms with van der Waals surface area (Å²) in [4.78, 5) is 3.86. The third-order valence-corrected chi connectivity index (χ3v) is 1.94. The fraction of sp³-hybridized carbons (Fsp3) is 0.444. The summed E-state index contributed by atoms with van der Waals surface area (Å²) in [6, 6.07) is 2.94. The van der Waals surface area contributed by atoms with Crippen LogP contribution in [-0.2, 0) is 0 Å². The molecule has 1 aromatic heterocycles. The van der Waals surface area contributed by atoms with Gasteiger partial charge in [0.05, 0.1) is 12.3 Å². The predicted molar refractivity (Wildman–Crippen MR) is 44.3 cm³/mol. The zero-order valence-electron chi connectivity index (χ0n) is 7.16. The van der Waals surface area contributed by atoms with Crippen LogP contribution in [0.3, 0.4) is 0 Å². The Hall–Kier alpha value is -0.960. The molecule has 0 radical (unpaired) electrons. The second-order valence-corrected chi connectivity index (χ2v) is 2.93. The van der Waals surface area contributed by atoms with E-state index in [1.807, 2.05) is 6.92 Å². The van der Waals surface area contributed by atoms with E-state index < -0.39 is 6.10 Å². The van der Waals surface area contributed by atoms with Crippen molar-refractivity contribution >= 4 is 0 Å². The van der Waals surface area contributed by atoms with Gasteiger partial charge < -0.3 is 5.11 Å². The summed E-state index contributed by atoms with van der Waals surface area (Å²) in [7, 11) is 0. The molecule has 0 saturated heterocycles. The van der Waals surface area contributed by atoms with E-state index in [2.05, 4.69) is 4.98 Å². The lowest BCUT2D eigenvalue weighted by atomic mass is 10.0. The Balaban J connectivity index is 2.82. The topological polar surface area (TPSA) is 33.1 Å². The summed E-state index contributed by atoms with van der Waals surface area (Å²) in [6.45, 7) is 3.54. The first-order valence-electron chi connectivity index (χ1n) is 3.91. The summed E-state index contributed by atoms with van der Waals surface area (Å²) < 4.78 is 12.4. The van der Waals surface area contributed by atoms with Gasteiger partial charge in [-0.25, -0.2) is 4.39 Å². The number of aliphatic hydroxyl groups excluding tert-OH is 1. The highest BCUT2D eigenvalue weighted by molar-refractivity contribution is 5.10. The predicted octanol–water partition coefficient (Wildman–Crippen LogP) is 1.71. The summed E-state index contributed by atoms with van der Waals surface area (Å²) in [5.41, 5.74) is 0.714. The summed E-state index contributed by atoms with van der Waals surface area (Å²) in [6.07, 6.45) is 0.705. The number of hydrogen-bond donors (Lipinski definition) is 1. The second-order valence-electron chi connectivity index (χ2n) is 2.93. The molecule has 1 aromatic rings. The van der Waals surface area contributed by atoms with Gasteiger partial charge in [0.25, 0.3) is 0 Å². The maximum Gasteiger partial charge on any atom is 0.141 e. The third kappa shape index (κ3) is 2.01. The van der Waals surface area contributed by atoms with E-state index in [1.54, 1.807) is 13.0 Å². The monoisotopic (exact) mass is 169 g/mol. The molecule has 3 heteroatoms. The molecule has 1 rings (SSSR count). The standard InChI is InChI=1S/C9H12FNO/c1-6(7(2)12)9-4-3-8(10)5-11-9/h3-7,12H,1-2H3. The van der Waals surface area contributed by atoms with E-state index in [0.29, 0.717) is 5.69 Å². The van der Waals surface area contributed by atoms with Gasteiger partial charge in [-0.05, 0) is 19.1 Å². The third-order valence-electron chi connectivity index (χ3n) is 1.94. The molecule has 0 amide bonds. The molecule has 1 N–H and O–H groups in total. The van der Waals surface area contributed by atoms with E-state index in [1.165, 1.54) is 6.07 Å². The van der Waals surface area contributed by atoms with Crippen LogP contribution < -0.4 is 0 Å². The Bertz CT molecular complexity index is 245. The van der Waals surface area contributed by atoms with Gasteiger partial charge in [0.1, 0.15) is 5.82 Å². The molecule has 66 valence electrons. The molecule has 0 bridgehead atoms. The minimum Gasteiger partial charge on any atom is -0.393 e. The van der Waals surface area contributed by atoms with Crippen molar-refractivity contribution in [3.8, 4) is 0 Å². The fourth-order valence-corrected chi connectivity index (χ4v) is 0.904. The number of nitrogens with zero attached hydrogens (tertiary/aromatic N) is 1. The summed E-state index contributed by atoms with van der Waals surface area (Å²) in [5, 5.41) is 9.21. The molecule has 0 fully saturated rings. The molecular weight excluding hydrogens is 157 g/mol. The molecule has 1 heterocycles. The highest BCUT2D eigenvalue weighted by atomic mass is 19.1. The van der Waals surface area contributed by atoms with E-state index in [-0.39, 0.29) is 11.7 Å². The molecule has 2 unspecified atom stereocenters. The number of rotatable bonds is 2. The molecule has 0 aromatic carbocycles. The van der Waals surface area contributed by atoms with Crippen LogP contribution in [0.15, 0.2) is 18.3 Å². The van der Waals surface area contributed by atoms with Gasteiger partial charge in [-0.1, -0.05) is 6.92 Å². The van der Waals surface area contributed by atoms with Gasteiger partial charge in [0.15, 0.2) is 0 Å². The van der Waals surface area contributed by atoms with E-state index >= 15 is 0 Å². The molecular formula is C9H12FNO. The normalized spacial score (nSPS) is 15.7. The molecule has 2 nitrogen and oxygen atoms in total. The Morgan fingerprint density at radius 1 is 1.42 bits per heavy atom. The van der Waals surface area contributed by atoms with Crippen LogP contribution in [0.5, 0.6) is 0 Å². The Morgan fingerprint density at radius 3 is 2.50 bits per heavy atom. The van der Waals surface area contributed by atoms with Gasteiger partial charge >= 0.3 is 0 Å². The number of halogens is 1. The Labute approximate surface area is 71.1 Å². The minimum absolute atomic E-state index is 0.0504. The molecule has 2 atom stereocenters. The van der Waals surface area contributed by atoms with Crippen molar-refractivity contribution in [2.24, 2.45) is 0 Å². The van der Waals surface area contributed by atoms with Crippen molar-refractivity contribution in [1.82, 2.24) is 4.98 Å². The fourth-order valence-electron chi connectivity index (χ4n) is 0.904. The van der Waals surface area contributed by atoms with Crippen LogP contribution in [0.2, 0.25) is 0 Å².